The minimum absolute atomic E-state index is 0. The van der Waals surface area contributed by atoms with Gasteiger partial charge in [0.25, 0.3) is 5.91 Å². The molecule has 2 aromatic rings. The third-order valence-corrected chi connectivity index (χ3v) is 4.15. The van der Waals surface area contributed by atoms with Crippen molar-refractivity contribution in [2.45, 2.75) is 31.8 Å². The minimum Gasteiger partial charge on any atom is -0.349 e. The Morgan fingerprint density at radius 2 is 2.13 bits per heavy atom. The molecule has 0 bridgehead atoms. The topological polar surface area (TPSA) is 59.0 Å². The predicted molar refractivity (Wildman–Crippen MR) is 93.8 cm³/mol. The first-order valence-corrected chi connectivity index (χ1v) is 7.84. The fourth-order valence-corrected chi connectivity index (χ4v) is 2.83. The molecule has 1 aliphatic heterocycles. The van der Waals surface area contributed by atoms with E-state index in [2.05, 4.69) is 22.7 Å². The van der Waals surface area contributed by atoms with E-state index in [1.54, 1.807) is 29.2 Å². The van der Waals surface area contributed by atoms with Gasteiger partial charge in [-0.15, -0.1) is 12.4 Å². The summed E-state index contributed by atoms with van der Waals surface area (Å²) in [6.07, 6.45) is 5.25. The summed E-state index contributed by atoms with van der Waals surface area (Å²) < 4.78 is 1.68. The van der Waals surface area contributed by atoms with Crippen LogP contribution in [-0.4, -0.2) is 34.3 Å². The second kappa shape index (κ2) is 7.81. The molecule has 5 nitrogen and oxygen atoms in total. The summed E-state index contributed by atoms with van der Waals surface area (Å²) in [6.45, 7) is 3.08. The van der Waals surface area contributed by atoms with E-state index < -0.39 is 0 Å². The monoisotopic (exact) mass is 354 g/mol. The van der Waals surface area contributed by atoms with Crippen molar-refractivity contribution in [3.8, 4) is 5.69 Å². The zero-order chi connectivity index (χ0) is 15.5. The Morgan fingerprint density at radius 1 is 1.39 bits per heavy atom. The van der Waals surface area contributed by atoms with E-state index in [4.69, 9.17) is 11.6 Å². The number of halogens is 2. The highest BCUT2D eigenvalue weighted by Gasteiger charge is 2.21. The summed E-state index contributed by atoms with van der Waals surface area (Å²) in [4.78, 5) is 12.3. The van der Waals surface area contributed by atoms with Gasteiger partial charge in [0.05, 0.1) is 17.4 Å². The van der Waals surface area contributed by atoms with Crippen LogP contribution in [0.15, 0.2) is 36.7 Å². The molecule has 0 spiro atoms. The smallest absolute Gasteiger partial charge is 0.254 e. The summed E-state index contributed by atoms with van der Waals surface area (Å²) in [7, 11) is 0. The number of hydrogen-bond acceptors (Lipinski definition) is 3. The average molecular weight is 355 g/mol. The molecule has 0 radical (unpaired) electrons. The van der Waals surface area contributed by atoms with Crippen molar-refractivity contribution >= 4 is 29.9 Å². The Kier molecular flexibility index (Phi) is 6.04. The van der Waals surface area contributed by atoms with Crippen LogP contribution < -0.4 is 10.6 Å². The number of benzene rings is 1. The van der Waals surface area contributed by atoms with Gasteiger partial charge in [-0.3, -0.25) is 4.79 Å². The number of nitrogens with one attached hydrogen (secondary N) is 2. The summed E-state index contributed by atoms with van der Waals surface area (Å²) in [5, 5.41) is 11.4. The first kappa shape index (κ1) is 17.8. The van der Waals surface area contributed by atoms with Gasteiger partial charge in [0.15, 0.2) is 0 Å². The van der Waals surface area contributed by atoms with Gasteiger partial charge >= 0.3 is 0 Å². The van der Waals surface area contributed by atoms with Gasteiger partial charge < -0.3 is 10.6 Å². The summed E-state index contributed by atoms with van der Waals surface area (Å²) in [5.41, 5.74) is 1.44. The van der Waals surface area contributed by atoms with Gasteiger partial charge in [-0.05, 0) is 50.6 Å². The maximum absolute atomic E-state index is 12.3. The van der Waals surface area contributed by atoms with Gasteiger partial charge in [-0.2, -0.15) is 5.10 Å². The molecule has 7 heteroatoms. The van der Waals surface area contributed by atoms with Crippen LogP contribution in [0.25, 0.3) is 5.69 Å². The molecule has 0 aliphatic carbocycles. The molecule has 0 saturated carbocycles. The molecule has 124 valence electrons. The van der Waals surface area contributed by atoms with Gasteiger partial charge in [-0.25, -0.2) is 4.68 Å². The highest BCUT2D eigenvalue weighted by atomic mass is 35.5. The van der Waals surface area contributed by atoms with Crippen molar-refractivity contribution in [3.05, 3.63) is 47.2 Å². The maximum Gasteiger partial charge on any atom is 0.254 e. The maximum atomic E-state index is 12.3. The molecule has 2 heterocycles. The van der Waals surface area contributed by atoms with E-state index in [-0.39, 0.29) is 24.4 Å². The van der Waals surface area contributed by atoms with Gasteiger partial charge in [0.1, 0.15) is 0 Å². The van der Waals surface area contributed by atoms with Crippen LogP contribution in [0.3, 0.4) is 0 Å². The fraction of sp³-hybridized carbons (Fsp3) is 0.375. The average Bonchev–Trinajstić information content (AvgIpc) is 2.98. The Balaban J connectivity index is 0.00000192. The van der Waals surface area contributed by atoms with Crippen molar-refractivity contribution in [2.24, 2.45) is 0 Å². The van der Waals surface area contributed by atoms with Crippen molar-refractivity contribution in [1.29, 1.82) is 0 Å². The second-order valence-electron chi connectivity index (χ2n) is 5.70. The number of amides is 1. The second-order valence-corrected chi connectivity index (χ2v) is 6.14. The molecule has 3 rings (SSSR count). The summed E-state index contributed by atoms with van der Waals surface area (Å²) in [5.74, 6) is -0.0701. The van der Waals surface area contributed by atoms with Crippen molar-refractivity contribution in [3.63, 3.8) is 0 Å². The molecule has 1 aromatic carbocycles. The quantitative estimate of drug-likeness (QED) is 0.890. The zero-order valence-corrected chi connectivity index (χ0v) is 14.4. The number of hydrogen-bond donors (Lipinski definition) is 2. The van der Waals surface area contributed by atoms with Crippen molar-refractivity contribution in [1.82, 2.24) is 20.4 Å². The molecule has 1 amide bonds. The van der Waals surface area contributed by atoms with Gasteiger partial charge in [0.2, 0.25) is 0 Å². The van der Waals surface area contributed by atoms with E-state index >= 15 is 0 Å². The van der Waals surface area contributed by atoms with Crippen LogP contribution in [0.4, 0.5) is 0 Å². The minimum atomic E-state index is -0.0701. The van der Waals surface area contributed by atoms with Crippen molar-refractivity contribution in [2.75, 3.05) is 6.54 Å². The highest BCUT2D eigenvalue weighted by Crippen LogP contribution is 2.14. The molecule has 23 heavy (non-hydrogen) atoms. The van der Waals surface area contributed by atoms with Crippen molar-refractivity contribution < 1.29 is 4.79 Å². The first-order valence-electron chi connectivity index (χ1n) is 7.46. The number of carbonyl (C=O) groups excluding carboxylic acids is 1. The van der Waals surface area contributed by atoms with E-state index in [0.29, 0.717) is 16.6 Å². The van der Waals surface area contributed by atoms with E-state index in [1.165, 1.54) is 0 Å². The number of carbonyl (C=O) groups is 1. The molecule has 2 N–H and O–H groups in total. The van der Waals surface area contributed by atoms with Crippen LogP contribution in [0.1, 0.15) is 30.1 Å². The SMILES string of the molecule is CC1CC(NC(=O)c2cnn(-c3ccc(Cl)cc3)c2)CCN1.Cl. The molecule has 2 atom stereocenters. The Morgan fingerprint density at radius 3 is 2.83 bits per heavy atom. The molecular weight excluding hydrogens is 335 g/mol. The number of aromatic nitrogens is 2. The lowest BCUT2D eigenvalue weighted by Crippen LogP contribution is -2.46. The number of piperidine rings is 1. The molecular formula is C16H20Cl2N4O. The number of nitrogens with zero attached hydrogens (tertiary/aromatic N) is 2. The van der Waals surface area contributed by atoms with Crippen LogP contribution in [0.2, 0.25) is 5.02 Å². The van der Waals surface area contributed by atoms with Gasteiger partial charge in [0, 0.05) is 23.3 Å². The first-order chi connectivity index (χ1) is 10.6. The van der Waals surface area contributed by atoms with E-state index in [1.807, 2.05) is 12.1 Å². The Hall–Kier alpha value is -1.56. The highest BCUT2D eigenvalue weighted by molar-refractivity contribution is 6.30. The zero-order valence-electron chi connectivity index (χ0n) is 12.8. The lowest BCUT2D eigenvalue weighted by Gasteiger charge is -2.28. The Labute approximate surface area is 146 Å². The van der Waals surface area contributed by atoms with Gasteiger partial charge in [-0.1, -0.05) is 11.6 Å². The van der Waals surface area contributed by atoms with E-state index in [9.17, 15) is 4.79 Å². The molecule has 2 unspecified atom stereocenters. The number of rotatable bonds is 3. The molecule has 1 aliphatic rings. The fourth-order valence-electron chi connectivity index (χ4n) is 2.71. The summed E-state index contributed by atoms with van der Waals surface area (Å²) >= 11 is 5.88. The van der Waals surface area contributed by atoms with Crippen LogP contribution in [0, 0.1) is 0 Å². The van der Waals surface area contributed by atoms with E-state index in [0.717, 1.165) is 25.1 Å². The summed E-state index contributed by atoms with van der Waals surface area (Å²) in [6, 6.07) is 8.00. The lowest BCUT2D eigenvalue weighted by molar-refractivity contribution is 0.0925. The largest absolute Gasteiger partial charge is 0.349 e. The normalized spacial score (nSPS) is 20.6. The van der Waals surface area contributed by atoms with Crippen LogP contribution in [0.5, 0.6) is 0 Å². The molecule has 1 fully saturated rings. The van der Waals surface area contributed by atoms with Crippen LogP contribution in [-0.2, 0) is 0 Å². The third kappa shape index (κ3) is 4.47. The molecule has 1 saturated heterocycles. The third-order valence-electron chi connectivity index (χ3n) is 3.89. The predicted octanol–water partition coefficient (Wildman–Crippen LogP) is 2.82. The molecule has 1 aromatic heterocycles. The Bertz CT molecular complexity index is 656. The standard InChI is InChI=1S/C16H19ClN4O.ClH/c1-11-8-14(6-7-18-11)20-16(22)12-9-19-21(10-12)15-4-2-13(17)3-5-15;/h2-5,9-11,14,18H,6-8H2,1H3,(H,20,22);1H. The lowest BCUT2D eigenvalue weighted by atomic mass is 10.0. The van der Waals surface area contributed by atoms with Crippen LogP contribution >= 0.6 is 24.0 Å².